The normalized spacial score (nSPS) is 20.6. The summed E-state index contributed by atoms with van der Waals surface area (Å²) < 4.78 is 0. The van der Waals surface area contributed by atoms with Crippen LogP contribution in [0.1, 0.15) is 52.0 Å². The summed E-state index contributed by atoms with van der Waals surface area (Å²) in [4.78, 5) is 17.5. The van der Waals surface area contributed by atoms with Crippen LogP contribution in [0.5, 0.6) is 0 Å². The van der Waals surface area contributed by atoms with Crippen LogP contribution in [0.15, 0.2) is 127 Å². The van der Waals surface area contributed by atoms with E-state index in [9.17, 15) is 0 Å². The molecule has 0 N–H and O–H groups in total. The predicted molar refractivity (Wildman–Crippen MR) is 181 cm³/mol. The third-order valence-corrected chi connectivity index (χ3v) is 9.99. The first-order valence-electron chi connectivity index (χ1n) is 15.2. The quantitative estimate of drug-likeness (QED) is 0.204. The number of Topliss-reactive ketones (excluding diaryl/α,β-unsaturated/α-hetero) is 1. The second-order valence-corrected chi connectivity index (χ2v) is 12.8. The Balaban J connectivity index is 1.57. The van der Waals surface area contributed by atoms with Crippen LogP contribution in [-0.4, -0.2) is 18.4 Å². The first-order chi connectivity index (χ1) is 20.7. The van der Waals surface area contributed by atoms with Crippen molar-refractivity contribution in [3.8, 4) is 0 Å². The minimum absolute atomic E-state index is 0.145. The van der Waals surface area contributed by atoms with Crippen LogP contribution in [0.25, 0.3) is 21.9 Å². The second-order valence-electron chi connectivity index (χ2n) is 12.8. The number of rotatable bonds is 4. The number of hydrogen-bond acceptors (Lipinski definition) is 2. The summed E-state index contributed by atoms with van der Waals surface area (Å²) in [7, 11) is 2.20. The Bertz CT molecular complexity index is 1930. The topological polar surface area (TPSA) is 20.3 Å². The number of nitrogens with zero attached hydrogens (tertiary/aromatic N) is 1. The maximum atomic E-state index is 15.1. The Morgan fingerprint density at radius 2 is 1.33 bits per heavy atom. The number of likely N-dealkylation sites (N-methyl/N-ethyl adjacent to an activating group) is 1. The predicted octanol–water partition coefficient (Wildman–Crippen LogP) is 9.60. The average Bonchev–Trinajstić information content (AvgIpc) is 3.19. The van der Waals surface area contributed by atoms with Gasteiger partial charge in [-0.3, -0.25) is 4.79 Å². The number of carbonyl (C=O) groups excluding carboxylic acids is 1. The maximum absolute atomic E-state index is 15.1. The summed E-state index contributed by atoms with van der Waals surface area (Å²) in [6, 6.07) is 40.5. The zero-order valence-corrected chi connectivity index (χ0v) is 25.6. The van der Waals surface area contributed by atoms with E-state index in [1.807, 2.05) is 30.3 Å². The molecule has 5 aromatic rings. The number of fused-ring (bicyclic) bond motifs is 3. The molecule has 2 nitrogen and oxygen atoms in total. The van der Waals surface area contributed by atoms with Crippen molar-refractivity contribution in [1.82, 2.24) is 0 Å². The fraction of sp³-hybridized carbons (Fsp3) is 0.195. The van der Waals surface area contributed by atoms with E-state index >= 15 is 4.79 Å². The van der Waals surface area contributed by atoms with Gasteiger partial charge in [0.15, 0.2) is 5.78 Å². The fourth-order valence-corrected chi connectivity index (χ4v) is 7.64. The molecule has 2 atom stereocenters. The van der Waals surface area contributed by atoms with E-state index in [1.54, 1.807) is 0 Å². The number of carbonyl (C=O) groups is 1. The van der Waals surface area contributed by atoms with Crippen molar-refractivity contribution >= 4 is 33.4 Å². The van der Waals surface area contributed by atoms with Gasteiger partial charge in [-0.25, -0.2) is 0 Å². The van der Waals surface area contributed by atoms with E-state index in [2.05, 4.69) is 137 Å². The van der Waals surface area contributed by atoms with Crippen LogP contribution in [0.3, 0.4) is 0 Å². The van der Waals surface area contributed by atoms with Crippen LogP contribution in [0, 0.1) is 19.8 Å². The first-order valence-corrected chi connectivity index (χ1v) is 15.2. The molecule has 2 aliphatic rings. The summed E-state index contributed by atoms with van der Waals surface area (Å²) >= 11 is 0. The van der Waals surface area contributed by atoms with Gasteiger partial charge in [0, 0.05) is 29.1 Å². The molecule has 0 radical (unpaired) electrons. The van der Waals surface area contributed by atoms with E-state index in [4.69, 9.17) is 0 Å². The highest BCUT2D eigenvalue weighted by Gasteiger charge is 2.62. The van der Waals surface area contributed by atoms with E-state index in [0.29, 0.717) is 0 Å². The van der Waals surface area contributed by atoms with Crippen LogP contribution < -0.4 is 4.90 Å². The van der Waals surface area contributed by atoms with Gasteiger partial charge in [0.2, 0.25) is 0 Å². The molecule has 0 fully saturated rings. The molecule has 7 rings (SSSR count). The standard InChI is InChI=1S/C41H37NO/c1-27-15-19-29(20-16-27)33-25-35(30-11-7-6-8-12-30)37(39(43)32-21-17-28(2)18-22-32)41(26-33)40(3,4)36-24-23-31-13-9-10-14-34(31)38(36)42(41)5/h6-26,37H,1-5H3/t37-,41-/m1/s1. The highest BCUT2D eigenvalue weighted by molar-refractivity contribution is 6.11. The molecule has 0 unspecified atom stereocenters. The zero-order chi connectivity index (χ0) is 29.9. The lowest BCUT2D eigenvalue weighted by Crippen LogP contribution is -2.61. The fourth-order valence-electron chi connectivity index (χ4n) is 7.64. The minimum atomic E-state index is -0.679. The summed E-state index contributed by atoms with van der Waals surface area (Å²) in [6.45, 7) is 8.85. The lowest BCUT2D eigenvalue weighted by atomic mass is 9.57. The zero-order valence-electron chi connectivity index (χ0n) is 25.6. The number of aryl methyl sites for hydroxylation is 2. The van der Waals surface area contributed by atoms with Crippen molar-refractivity contribution in [2.75, 3.05) is 11.9 Å². The van der Waals surface area contributed by atoms with E-state index in [1.165, 1.54) is 27.6 Å². The molecule has 212 valence electrons. The number of hydrogen-bond donors (Lipinski definition) is 0. The minimum Gasteiger partial charge on any atom is -0.363 e. The molecule has 0 saturated heterocycles. The summed E-state index contributed by atoms with van der Waals surface area (Å²) in [5.41, 5.74) is 8.94. The Labute approximate surface area is 255 Å². The Kier molecular flexibility index (Phi) is 6.29. The second kappa shape index (κ2) is 9.95. The average molecular weight is 560 g/mol. The molecule has 1 aliphatic carbocycles. The third kappa shape index (κ3) is 4.04. The SMILES string of the molecule is Cc1ccc(C(=O)[C@H]2C(c3ccccc3)=CC(c3ccc(C)cc3)=C[C@@]23N(C)c2c(ccc4ccccc24)C3(C)C)cc1. The molecule has 0 amide bonds. The van der Waals surface area contributed by atoms with Crippen molar-refractivity contribution in [3.05, 3.63) is 161 Å². The molecule has 5 aromatic carbocycles. The number of benzene rings is 5. The van der Waals surface area contributed by atoms with E-state index < -0.39 is 16.9 Å². The molecule has 43 heavy (non-hydrogen) atoms. The largest absolute Gasteiger partial charge is 0.363 e. The van der Waals surface area contributed by atoms with Gasteiger partial charge in [0.25, 0.3) is 0 Å². The lowest BCUT2D eigenvalue weighted by Gasteiger charge is -2.52. The van der Waals surface area contributed by atoms with Gasteiger partial charge in [-0.1, -0.05) is 140 Å². The van der Waals surface area contributed by atoms with Crippen LogP contribution in [-0.2, 0) is 5.41 Å². The third-order valence-electron chi connectivity index (χ3n) is 9.99. The lowest BCUT2D eigenvalue weighted by molar-refractivity contribution is 0.0885. The van der Waals surface area contributed by atoms with Crippen molar-refractivity contribution in [3.63, 3.8) is 0 Å². The smallest absolute Gasteiger partial charge is 0.173 e. The Morgan fingerprint density at radius 1 is 0.698 bits per heavy atom. The van der Waals surface area contributed by atoms with Crippen molar-refractivity contribution in [2.24, 2.45) is 5.92 Å². The van der Waals surface area contributed by atoms with Gasteiger partial charge >= 0.3 is 0 Å². The summed E-state index contributed by atoms with van der Waals surface area (Å²) in [6.07, 6.45) is 4.68. The van der Waals surface area contributed by atoms with E-state index in [0.717, 1.165) is 33.4 Å². The van der Waals surface area contributed by atoms with Crippen LogP contribution in [0.2, 0.25) is 0 Å². The molecule has 0 bridgehead atoms. The molecule has 0 aromatic heterocycles. The van der Waals surface area contributed by atoms with Crippen molar-refractivity contribution in [2.45, 2.75) is 38.6 Å². The van der Waals surface area contributed by atoms with Gasteiger partial charge in [0.05, 0.1) is 11.5 Å². The molecular formula is C41H37NO. The van der Waals surface area contributed by atoms with Gasteiger partial charge in [-0.15, -0.1) is 0 Å². The Hall–Kier alpha value is -4.69. The number of allylic oxidation sites excluding steroid dienone is 2. The molecular weight excluding hydrogens is 522 g/mol. The van der Waals surface area contributed by atoms with Crippen LogP contribution >= 0.6 is 0 Å². The maximum Gasteiger partial charge on any atom is 0.173 e. The highest BCUT2D eigenvalue weighted by atomic mass is 16.1. The molecule has 0 saturated carbocycles. The molecule has 2 heteroatoms. The summed E-state index contributed by atoms with van der Waals surface area (Å²) in [5.74, 6) is -0.302. The monoisotopic (exact) mass is 559 g/mol. The van der Waals surface area contributed by atoms with Gasteiger partial charge < -0.3 is 4.90 Å². The summed E-state index contributed by atoms with van der Waals surface area (Å²) in [5, 5.41) is 2.43. The van der Waals surface area contributed by atoms with Crippen molar-refractivity contribution in [1.29, 1.82) is 0 Å². The Morgan fingerprint density at radius 3 is 2.02 bits per heavy atom. The highest BCUT2D eigenvalue weighted by Crippen LogP contribution is 2.61. The van der Waals surface area contributed by atoms with Gasteiger partial charge in [-0.05, 0) is 59.2 Å². The number of ketones is 1. The molecule has 1 heterocycles. The number of anilines is 1. The molecule has 1 aliphatic heterocycles. The van der Waals surface area contributed by atoms with Crippen LogP contribution in [0.4, 0.5) is 5.69 Å². The molecule has 1 spiro atoms. The first kappa shape index (κ1) is 27.2. The van der Waals surface area contributed by atoms with Gasteiger partial charge in [0.1, 0.15) is 0 Å². The van der Waals surface area contributed by atoms with Crippen molar-refractivity contribution < 1.29 is 4.79 Å². The van der Waals surface area contributed by atoms with Gasteiger partial charge in [-0.2, -0.15) is 0 Å². The van der Waals surface area contributed by atoms with E-state index in [-0.39, 0.29) is 5.78 Å².